The number of rotatable bonds is 8. The SMILES string of the molecule is CC(C)CCSSCCOC(C)C. The van der Waals surface area contributed by atoms with Gasteiger partial charge in [0.25, 0.3) is 0 Å². The minimum absolute atomic E-state index is 0.376. The molecule has 1 nitrogen and oxygen atoms in total. The molecule has 0 unspecified atom stereocenters. The molecule has 0 aliphatic heterocycles. The highest BCUT2D eigenvalue weighted by Crippen LogP contribution is 2.23. The Hall–Kier alpha value is 0.660. The summed E-state index contributed by atoms with van der Waals surface area (Å²) in [5, 5.41) is 0. The zero-order chi connectivity index (χ0) is 10.1. The fourth-order valence-corrected chi connectivity index (χ4v) is 2.89. The fraction of sp³-hybridized carbons (Fsp3) is 1.00. The molecule has 0 rings (SSSR count). The second-order valence-electron chi connectivity index (χ2n) is 3.75. The van der Waals surface area contributed by atoms with Crippen LogP contribution in [0.15, 0.2) is 0 Å². The lowest BCUT2D eigenvalue weighted by Gasteiger charge is -2.07. The molecule has 3 heteroatoms. The Morgan fingerprint density at radius 1 is 1.00 bits per heavy atom. The van der Waals surface area contributed by atoms with Crippen LogP contribution in [0.3, 0.4) is 0 Å². The molecule has 0 spiro atoms. The molecular weight excluding hydrogens is 200 g/mol. The van der Waals surface area contributed by atoms with E-state index in [1.807, 2.05) is 21.6 Å². The molecule has 0 bridgehead atoms. The summed E-state index contributed by atoms with van der Waals surface area (Å²) in [5.74, 6) is 3.21. The Morgan fingerprint density at radius 2 is 1.62 bits per heavy atom. The van der Waals surface area contributed by atoms with Crippen LogP contribution in [0, 0.1) is 5.92 Å². The predicted molar refractivity (Wildman–Crippen MR) is 65.5 cm³/mol. The Bertz CT molecular complexity index is 93.1. The molecule has 0 aromatic rings. The molecule has 0 saturated heterocycles. The highest BCUT2D eigenvalue weighted by atomic mass is 33.1. The van der Waals surface area contributed by atoms with Crippen molar-refractivity contribution in [3.63, 3.8) is 0 Å². The molecule has 80 valence electrons. The van der Waals surface area contributed by atoms with Crippen molar-refractivity contribution in [1.82, 2.24) is 0 Å². The summed E-state index contributed by atoms with van der Waals surface area (Å²) in [5.41, 5.74) is 0. The van der Waals surface area contributed by atoms with Gasteiger partial charge in [-0.15, -0.1) is 0 Å². The average molecular weight is 222 g/mol. The van der Waals surface area contributed by atoms with E-state index in [4.69, 9.17) is 4.74 Å². The maximum atomic E-state index is 5.44. The van der Waals surface area contributed by atoms with E-state index in [-0.39, 0.29) is 0 Å². The predicted octanol–water partition coefficient (Wildman–Crippen LogP) is 3.84. The second-order valence-corrected chi connectivity index (χ2v) is 6.45. The molecule has 0 fully saturated rings. The molecule has 0 aromatic carbocycles. The highest BCUT2D eigenvalue weighted by Gasteiger charge is 1.96. The first-order valence-corrected chi connectivity index (χ1v) is 7.47. The Kier molecular flexibility index (Phi) is 9.69. The van der Waals surface area contributed by atoms with Crippen molar-refractivity contribution < 1.29 is 4.74 Å². The lowest BCUT2D eigenvalue weighted by molar-refractivity contribution is 0.0922. The van der Waals surface area contributed by atoms with Gasteiger partial charge in [0.15, 0.2) is 0 Å². The molecule has 13 heavy (non-hydrogen) atoms. The lowest BCUT2D eigenvalue weighted by atomic mass is 10.2. The van der Waals surface area contributed by atoms with E-state index in [0.29, 0.717) is 6.10 Å². The normalized spacial score (nSPS) is 11.5. The Balaban J connectivity index is 2.92. The monoisotopic (exact) mass is 222 g/mol. The van der Waals surface area contributed by atoms with Crippen LogP contribution in [-0.4, -0.2) is 24.2 Å². The van der Waals surface area contributed by atoms with Crippen molar-refractivity contribution >= 4 is 21.6 Å². The third kappa shape index (κ3) is 12.7. The van der Waals surface area contributed by atoms with Crippen molar-refractivity contribution in [2.24, 2.45) is 5.92 Å². The number of ether oxygens (including phenoxy) is 1. The van der Waals surface area contributed by atoms with E-state index in [9.17, 15) is 0 Å². The standard InChI is InChI=1S/C10H22OS2/c1-9(2)5-7-12-13-8-6-11-10(3)4/h9-10H,5-8H2,1-4H3. The molecular formula is C10H22OS2. The Morgan fingerprint density at radius 3 is 2.15 bits per heavy atom. The first kappa shape index (κ1) is 13.7. The van der Waals surface area contributed by atoms with Crippen molar-refractivity contribution in [3.05, 3.63) is 0 Å². The van der Waals surface area contributed by atoms with Crippen LogP contribution in [0.25, 0.3) is 0 Å². The third-order valence-corrected chi connectivity index (χ3v) is 3.88. The van der Waals surface area contributed by atoms with Gasteiger partial charge in [-0.05, 0) is 26.2 Å². The van der Waals surface area contributed by atoms with E-state index in [1.54, 1.807) is 0 Å². The van der Waals surface area contributed by atoms with Crippen LogP contribution in [0.2, 0.25) is 0 Å². The largest absolute Gasteiger partial charge is 0.378 e. The minimum Gasteiger partial charge on any atom is -0.378 e. The molecule has 0 saturated carbocycles. The van der Waals surface area contributed by atoms with Crippen LogP contribution in [-0.2, 0) is 4.74 Å². The van der Waals surface area contributed by atoms with Gasteiger partial charge in [0.1, 0.15) is 0 Å². The molecule has 0 aromatic heterocycles. The molecule has 0 atom stereocenters. The molecule has 0 aliphatic carbocycles. The molecule has 0 radical (unpaired) electrons. The van der Waals surface area contributed by atoms with Crippen molar-refractivity contribution in [3.8, 4) is 0 Å². The average Bonchev–Trinajstić information content (AvgIpc) is 2.01. The van der Waals surface area contributed by atoms with Crippen LogP contribution in [0.5, 0.6) is 0 Å². The zero-order valence-corrected chi connectivity index (χ0v) is 10.8. The van der Waals surface area contributed by atoms with Gasteiger partial charge in [0.05, 0.1) is 12.7 Å². The zero-order valence-electron chi connectivity index (χ0n) is 9.21. The van der Waals surface area contributed by atoms with E-state index in [1.165, 1.54) is 12.2 Å². The number of hydrogen-bond acceptors (Lipinski definition) is 3. The fourth-order valence-electron chi connectivity index (χ4n) is 0.720. The van der Waals surface area contributed by atoms with Crippen LogP contribution in [0.4, 0.5) is 0 Å². The topological polar surface area (TPSA) is 9.23 Å². The maximum absolute atomic E-state index is 5.44. The molecule has 0 heterocycles. The van der Waals surface area contributed by atoms with Gasteiger partial charge in [-0.3, -0.25) is 0 Å². The van der Waals surface area contributed by atoms with Crippen molar-refractivity contribution in [2.75, 3.05) is 18.1 Å². The summed E-state index contributed by atoms with van der Waals surface area (Å²) in [7, 11) is 3.90. The number of hydrogen-bond donors (Lipinski definition) is 0. The maximum Gasteiger partial charge on any atom is 0.0568 e. The van der Waals surface area contributed by atoms with Gasteiger partial charge in [0.2, 0.25) is 0 Å². The smallest absolute Gasteiger partial charge is 0.0568 e. The molecule has 0 N–H and O–H groups in total. The van der Waals surface area contributed by atoms with E-state index >= 15 is 0 Å². The van der Waals surface area contributed by atoms with Gasteiger partial charge in [0, 0.05) is 11.5 Å². The quantitative estimate of drug-likeness (QED) is 0.456. The van der Waals surface area contributed by atoms with E-state index < -0.39 is 0 Å². The minimum atomic E-state index is 0.376. The summed E-state index contributed by atoms with van der Waals surface area (Å²) in [6.45, 7) is 9.59. The summed E-state index contributed by atoms with van der Waals surface area (Å²) in [6.07, 6.45) is 1.70. The van der Waals surface area contributed by atoms with Crippen LogP contribution in [0.1, 0.15) is 34.1 Å². The van der Waals surface area contributed by atoms with Crippen molar-refractivity contribution in [1.29, 1.82) is 0 Å². The van der Waals surface area contributed by atoms with Gasteiger partial charge < -0.3 is 4.74 Å². The summed E-state index contributed by atoms with van der Waals surface area (Å²) >= 11 is 0. The summed E-state index contributed by atoms with van der Waals surface area (Å²) in [6, 6.07) is 0. The second kappa shape index (κ2) is 9.22. The van der Waals surface area contributed by atoms with E-state index in [0.717, 1.165) is 18.3 Å². The molecule has 0 aliphatic rings. The highest BCUT2D eigenvalue weighted by molar-refractivity contribution is 8.76. The van der Waals surface area contributed by atoms with Gasteiger partial charge in [-0.2, -0.15) is 0 Å². The van der Waals surface area contributed by atoms with Gasteiger partial charge >= 0.3 is 0 Å². The van der Waals surface area contributed by atoms with Gasteiger partial charge in [-0.25, -0.2) is 0 Å². The summed E-state index contributed by atoms with van der Waals surface area (Å²) < 4.78 is 5.44. The van der Waals surface area contributed by atoms with E-state index in [2.05, 4.69) is 27.7 Å². The first-order chi connectivity index (χ1) is 6.13. The van der Waals surface area contributed by atoms with Crippen molar-refractivity contribution in [2.45, 2.75) is 40.2 Å². The molecule has 0 amide bonds. The van der Waals surface area contributed by atoms with Gasteiger partial charge in [-0.1, -0.05) is 35.4 Å². The lowest BCUT2D eigenvalue weighted by Crippen LogP contribution is -2.04. The summed E-state index contributed by atoms with van der Waals surface area (Å²) in [4.78, 5) is 0. The Labute approximate surface area is 90.8 Å². The third-order valence-electron chi connectivity index (χ3n) is 1.48. The van der Waals surface area contributed by atoms with Crippen LogP contribution >= 0.6 is 21.6 Å². The van der Waals surface area contributed by atoms with Crippen LogP contribution < -0.4 is 0 Å². The first-order valence-electron chi connectivity index (χ1n) is 4.99.